The molecule has 0 aliphatic heterocycles. The lowest BCUT2D eigenvalue weighted by atomic mass is 10.3. The molecule has 1 radical (unpaired) electrons. The summed E-state index contributed by atoms with van der Waals surface area (Å²) < 4.78 is 1.37. The highest BCUT2D eigenvalue weighted by atomic mass is 35.5. The molecule has 2 aromatic rings. The minimum absolute atomic E-state index is 0.226. The van der Waals surface area contributed by atoms with Gasteiger partial charge in [0.25, 0.3) is 5.56 Å². The number of aromatic amines is 1. The van der Waals surface area contributed by atoms with E-state index in [0.717, 1.165) is 0 Å². The van der Waals surface area contributed by atoms with E-state index in [1.54, 1.807) is 19.1 Å². The van der Waals surface area contributed by atoms with Gasteiger partial charge in [0.05, 0.1) is 16.8 Å². The molecule has 71 valence electrons. The second-order valence-electron chi connectivity index (χ2n) is 2.95. The second kappa shape index (κ2) is 3.35. The van der Waals surface area contributed by atoms with E-state index in [-0.39, 0.29) is 5.56 Å². The average Bonchev–Trinajstić information content (AvgIpc) is 2.46. The van der Waals surface area contributed by atoms with Crippen LogP contribution in [0.2, 0.25) is 5.02 Å². The molecule has 1 heterocycles. The zero-order valence-corrected chi connectivity index (χ0v) is 8.30. The maximum Gasteiger partial charge on any atom is 0.279 e. The molecular weight excluding hydrogens is 200 g/mol. The van der Waals surface area contributed by atoms with E-state index in [1.165, 1.54) is 4.68 Å². The molecule has 1 aromatic heterocycles. The number of para-hydroxylation sites is 1. The van der Waals surface area contributed by atoms with Gasteiger partial charge < -0.3 is 0 Å². The summed E-state index contributed by atoms with van der Waals surface area (Å²) in [5, 5.41) is 3.40. The SMILES string of the molecule is Cc1[c]c(=O)n(-c2ccccc2Cl)[nH]1. The van der Waals surface area contributed by atoms with Crippen molar-refractivity contribution in [3.63, 3.8) is 0 Å². The fourth-order valence-electron chi connectivity index (χ4n) is 1.27. The molecule has 0 aliphatic carbocycles. The van der Waals surface area contributed by atoms with Crippen molar-refractivity contribution in [2.75, 3.05) is 0 Å². The van der Waals surface area contributed by atoms with Crippen molar-refractivity contribution in [2.45, 2.75) is 6.92 Å². The first-order chi connectivity index (χ1) is 6.68. The van der Waals surface area contributed by atoms with Crippen LogP contribution in [0.25, 0.3) is 5.69 Å². The molecule has 0 aliphatic rings. The summed E-state index contributed by atoms with van der Waals surface area (Å²) in [5.41, 5.74) is 1.11. The third-order valence-corrected chi connectivity index (χ3v) is 2.19. The first-order valence-corrected chi connectivity index (χ1v) is 4.52. The number of halogens is 1. The van der Waals surface area contributed by atoms with E-state index < -0.39 is 0 Å². The third kappa shape index (κ3) is 1.46. The number of rotatable bonds is 1. The molecule has 0 fully saturated rings. The molecule has 4 heteroatoms. The highest BCUT2D eigenvalue weighted by Crippen LogP contribution is 2.17. The highest BCUT2D eigenvalue weighted by molar-refractivity contribution is 6.32. The topological polar surface area (TPSA) is 37.8 Å². The van der Waals surface area contributed by atoms with Crippen molar-refractivity contribution in [1.29, 1.82) is 0 Å². The number of nitrogens with one attached hydrogen (secondary N) is 1. The number of aryl methyl sites for hydroxylation is 1. The Hall–Kier alpha value is -1.48. The molecular formula is C10H8ClN2O. The summed E-state index contributed by atoms with van der Waals surface area (Å²) in [4.78, 5) is 11.4. The van der Waals surface area contributed by atoms with Crippen LogP contribution in [0.15, 0.2) is 29.1 Å². The smallest absolute Gasteiger partial charge is 0.279 e. The molecule has 0 atom stereocenters. The Morgan fingerprint density at radius 1 is 1.43 bits per heavy atom. The van der Waals surface area contributed by atoms with E-state index in [0.29, 0.717) is 16.4 Å². The molecule has 0 amide bonds. The monoisotopic (exact) mass is 207 g/mol. The Labute approximate surface area is 85.9 Å². The van der Waals surface area contributed by atoms with Crippen LogP contribution in [0.1, 0.15) is 5.69 Å². The molecule has 1 N–H and O–H groups in total. The van der Waals surface area contributed by atoms with Crippen molar-refractivity contribution in [1.82, 2.24) is 9.78 Å². The quantitative estimate of drug-likeness (QED) is 0.763. The van der Waals surface area contributed by atoms with Gasteiger partial charge in [-0.25, -0.2) is 4.68 Å². The fraction of sp³-hybridized carbons (Fsp3) is 0.100. The highest BCUT2D eigenvalue weighted by Gasteiger charge is 2.05. The van der Waals surface area contributed by atoms with Gasteiger partial charge in [-0.1, -0.05) is 23.7 Å². The fourth-order valence-corrected chi connectivity index (χ4v) is 1.49. The van der Waals surface area contributed by atoms with Crippen LogP contribution in [0.5, 0.6) is 0 Å². The Kier molecular flexibility index (Phi) is 2.17. The van der Waals surface area contributed by atoms with E-state index in [1.807, 2.05) is 12.1 Å². The standard InChI is InChI=1S/C10H8ClN2O/c1-7-6-10(14)13(12-7)9-5-3-2-4-8(9)11/h2-5,12H,1H3. The predicted molar refractivity (Wildman–Crippen MR) is 55.0 cm³/mol. The lowest BCUT2D eigenvalue weighted by molar-refractivity contribution is 0.835. The van der Waals surface area contributed by atoms with E-state index in [9.17, 15) is 4.79 Å². The number of nitrogens with zero attached hydrogens (tertiary/aromatic N) is 1. The molecule has 0 unspecified atom stereocenters. The van der Waals surface area contributed by atoms with Gasteiger partial charge in [0.2, 0.25) is 0 Å². The first kappa shape index (κ1) is 9.09. The van der Waals surface area contributed by atoms with Crippen molar-refractivity contribution < 1.29 is 0 Å². The Balaban J connectivity index is 2.66. The summed E-state index contributed by atoms with van der Waals surface area (Å²) in [6.45, 7) is 1.77. The predicted octanol–water partition coefficient (Wildman–Crippen LogP) is 1.93. The van der Waals surface area contributed by atoms with Gasteiger partial charge in [-0.3, -0.25) is 9.89 Å². The first-order valence-electron chi connectivity index (χ1n) is 4.14. The van der Waals surface area contributed by atoms with Gasteiger partial charge in [-0.2, -0.15) is 0 Å². The molecule has 1 aromatic carbocycles. The van der Waals surface area contributed by atoms with E-state index >= 15 is 0 Å². The van der Waals surface area contributed by atoms with Gasteiger partial charge in [0.1, 0.15) is 0 Å². The summed E-state index contributed by atoms with van der Waals surface area (Å²) in [5.74, 6) is 0. The van der Waals surface area contributed by atoms with Crippen LogP contribution in [-0.4, -0.2) is 9.78 Å². The van der Waals surface area contributed by atoms with Crippen LogP contribution in [-0.2, 0) is 0 Å². The van der Waals surface area contributed by atoms with Crippen molar-refractivity contribution in [2.24, 2.45) is 0 Å². The molecule has 0 bridgehead atoms. The molecule has 2 rings (SSSR count). The number of hydrogen-bond acceptors (Lipinski definition) is 1. The van der Waals surface area contributed by atoms with E-state index in [2.05, 4.69) is 11.2 Å². The minimum atomic E-state index is -0.226. The normalized spacial score (nSPS) is 10.4. The number of H-pyrrole nitrogens is 1. The average molecular weight is 208 g/mol. The minimum Gasteiger partial charge on any atom is -0.295 e. The summed E-state index contributed by atoms with van der Waals surface area (Å²) in [7, 11) is 0. The zero-order valence-electron chi connectivity index (χ0n) is 7.54. The van der Waals surface area contributed by atoms with Crippen LogP contribution >= 0.6 is 11.6 Å². The number of hydrogen-bond donors (Lipinski definition) is 1. The van der Waals surface area contributed by atoms with Gasteiger partial charge >= 0.3 is 0 Å². The van der Waals surface area contributed by atoms with Crippen molar-refractivity contribution in [3.8, 4) is 5.69 Å². The lowest BCUT2D eigenvalue weighted by Gasteiger charge is -2.02. The summed E-state index contributed by atoms with van der Waals surface area (Å²) in [6.07, 6.45) is 0. The van der Waals surface area contributed by atoms with Crippen LogP contribution in [0.4, 0.5) is 0 Å². The van der Waals surface area contributed by atoms with E-state index in [4.69, 9.17) is 11.6 Å². The Morgan fingerprint density at radius 3 is 2.71 bits per heavy atom. The maximum atomic E-state index is 11.4. The van der Waals surface area contributed by atoms with Gasteiger partial charge in [-0.05, 0) is 19.1 Å². The second-order valence-corrected chi connectivity index (χ2v) is 3.36. The zero-order chi connectivity index (χ0) is 10.1. The molecule has 0 saturated carbocycles. The Morgan fingerprint density at radius 2 is 2.14 bits per heavy atom. The molecule has 0 spiro atoms. The molecule has 3 nitrogen and oxygen atoms in total. The Bertz CT molecular complexity index is 513. The van der Waals surface area contributed by atoms with Gasteiger partial charge in [-0.15, -0.1) is 0 Å². The van der Waals surface area contributed by atoms with Gasteiger partial charge in [0.15, 0.2) is 0 Å². The van der Waals surface area contributed by atoms with Crippen LogP contribution < -0.4 is 5.56 Å². The number of aromatic nitrogens is 2. The van der Waals surface area contributed by atoms with Crippen LogP contribution in [0.3, 0.4) is 0 Å². The van der Waals surface area contributed by atoms with Crippen molar-refractivity contribution >= 4 is 11.6 Å². The summed E-state index contributed by atoms with van der Waals surface area (Å²) in [6, 6.07) is 9.77. The lowest BCUT2D eigenvalue weighted by Crippen LogP contribution is -2.13. The molecule has 14 heavy (non-hydrogen) atoms. The summed E-state index contributed by atoms with van der Waals surface area (Å²) >= 11 is 5.95. The molecule has 0 saturated heterocycles. The van der Waals surface area contributed by atoms with Gasteiger partial charge in [0, 0.05) is 5.69 Å². The van der Waals surface area contributed by atoms with Crippen molar-refractivity contribution in [3.05, 3.63) is 51.4 Å². The largest absolute Gasteiger partial charge is 0.295 e. The number of benzene rings is 1. The van der Waals surface area contributed by atoms with Crippen LogP contribution in [0, 0.1) is 13.0 Å². The third-order valence-electron chi connectivity index (χ3n) is 1.87. The maximum absolute atomic E-state index is 11.4.